The van der Waals surface area contributed by atoms with Crippen molar-refractivity contribution in [3.63, 3.8) is 0 Å². The number of carbonyl (C=O) groups is 1. The molecule has 0 bridgehead atoms. The topological polar surface area (TPSA) is 50.4 Å². The van der Waals surface area contributed by atoms with Gasteiger partial charge in [0.25, 0.3) is 0 Å². The van der Waals surface area contributed by atoms with Crippen LogP contribution in [0.1, 0.15) is 6.92 Å². The van der Waals surface area contributed by atoms with Crippen molar-refractivity contribution >= 4 is 40.5 Å². The Balaban J connectivity index is 1.91. The summed E-state index contributed by atoms with van der Waals surface area (Å²) in [6.07, 6.45) is 0. The van der Waals surface area contributed by atoms with Gasteiger partial charge in [-0.25, -0.2) is 0 Å². The summed E-state index contributed by atoms with van der Waals surface area (Å²) in [6, 6.07) is 12.3. The Morgan fingerprint density at radius 2 is 1.82 bits per heavy atom. The molecule has 0 fully saturated rings. The molecule has 116 valence electrons. The molecule has 6 heteroatoms. The second kappa shape index (κ2) is 7.92. The first-order chi connectivity index (χ1) is 10.6. The second-order valence-electron chi connectivity index (χ2n) is 4.52. The number of hydrogen-bond donors (Lipinski definition) is 2. The first kappa shape index (κ1) is 16.5. The van der Waals surface area contributed by atoms with E-state index in [-0.39, 0.29) is 12.5 Å². The van der Waals surface area contributed by atoms with Gasteiger partial charge in [-0.1, -0.05) is 29.3 Å². The molecule has 0 atom stereocenters. The molecule has 0 aromatic heterocycles. The van der Waals surface area contributed by atoms with Gasteiger partial charge in [0.15, 0.2) is 0 Å². The van der Waals surface area contributed by atoms with Crippen LogP contribution in [0, 0.1) is 0 Å². The summed E-state index contributed by atoms with van der Waals surface area (Å²) in [5.74, 6) is 0.541. The molecular formula is C16H16Cl2N2O2. The summed E-state index contributed by atoms with van der Waals surface area (Å²) in [5.41, 5.74) is 1.37. The van der Waals surface area contributed by atoms with Crippen molar-refractivity contribution in [2.24, 2.45) is 0 Å². The van der Waals surface area contributed by atoms with Gasteiger partial charge in [-0.05, 0) is 37.3 Å². The van der Waals surface area contributed by atoms with E-state index >= 15 is 0 Å². The van der Waals surface area contributed by atoms with Gasteiger partial charge >= 0.3 is 0 Å². The monoisotopic (exact) mass is 338 g/mol. The zero-order chi connectivity index (χ0) is 15.9. The number of anilines is 2. The lowest BCUT2D eigenvalue weighted by Gasteiger charge is -2.10. The minimum Gasteiger partial charge on any atom is -0.494 e. The molecule has 4 nitrogen and oxygen atoms in total. The molecule has 0 heterocycles. The molecule has 0 spiro atoms. The fraction of sp³-hybridized carbons (Fsp3) is 0.188. The SMILES string of the molecule is CCOc1cccc(NC(=O)CNc2cc(Cl)cc(Cl)c2)c1. The molecule has 2 aromatic rings. The van der Waals surface area contributed by atoms with Crippen molar-refractivity contribution in [2.75, 3.05) is 23.8 Å². The Labute approximate surface area is 139 Å². The maximum Gasteiger partial charge on any atom is 0.243 e. The fourth-order valence-corrected chi connectivity index (χ4v) is 2.40. The van der Waals surface area contributed by atoms with Gasteiger partial charge in [0.1, 0.15) is 5.75 Å². The third-order valence-electron chi connectivity index (χ3n) is 2.74. The van der Waals surface area contributed by atoms with Crippen LogP contribution >= 0.6 is 23.2 Å². The van der Waals surface area contributed by atoms with Crippen LogP contribution in [0.2, 0.25) is 10.0 Å². The van der Waals surface area contributed by atoms with E-state index in [4.69, 9.17) is 27.9 Å². The summed E-state index contributed by atoms with van der Waals surface area (Å²) in [6.45, 7) is 2.59. The molecule has 0 saturated heterocycles. The predicted molar refractivity (Wildman–Crippen MR) is 91.2 cm³/mol. The largest absolute Gasteiger partial charge is 0.494 e. The summed E-state index contributed by atoms with van der Waals surface area (Å²) >= 11 is 11.8. The Kier molecular flexibility index (Phi) is 5.92. The predicted octanol–water partition coefficient (Wildman–Crippen LogP) is 4.44. The number of rotatable bonds is 6. The van der Waals surface area contributed by atoms with Crippen LogP contribution in [0.4, 0.5) is 11.4 Å². The number of ether oxygens (including phenoxy) is 1. The third-order valence-corrected chi connectivity index (χ3v) is 3.18. The first-order valence-electron chi connectivity index (χ1n) is 6.79. The van der Waals surface area contributed by atoms with Crippen LogP contribution in [0.15, 0.2) is 42.5 Å². The zero-order valence-corrected chi connectivity index (χ0v) is 13.5. The maximum absolute atomic E-state index is 11.9. The van der Waals surface area contributed by atoms with Crippen LogP contribution in [0.3, 0.4) is 0 Å². The van der Waals surface area contributed by atoms with E-state index in [0.717, 1.165) is 5.75 Å². The molecule has 2 aromatic carbocycles. The van der Waals surface area contributed by atoms with E-state index in [1.54, 1.807) is 30.3 Å². The van der Waals surface area contributed by atoms with Crippen LogP contribution in [-0.2, 0) is 4.79 Å². The highest BCUT2D eigenvalue weighted by molar-refractivity contribution is 6.35. The van der Waals surface area contributed by atoms with Gasteiger partial charge in [-0.15, -0.1) is 0 Å². The normalized spacial score (nSPS) is 10.1. The van der Waals surface area contributed by atoms with E-state index < -0.39 is 0 Å². The zero-order valence-electron chi connectivity index (χ0n) is 12.0. The third kappa shape index (κ3) is 5.13. The summed E-state index contributed by atoms with van der Waals surface area (Å²) in [5, 5.41) is 6.79. The van der Waals surface area contributed by atoms with E-state index in [2.05, 4.69) is 10.6 Å². The van der Waals surface area contributed by atoms with Gasteiger partial charge in [-0.3, -0.25) is 4.79 Å². The summed E-state index contributed by atoms with van der Waals surface area (Å²) < 4.78 is 5.39. The molecule has 0 saturated carbocycles. The number of benzene rings is 2. The van der Waals surface area contributed by atoms with E-state index in [0.29, 0.717) is 28.0 Å². The average Bonchev–Trinajstić information content (AvgIpc) is 2.45. The van der Waals surface area contributed by atoms with Gasteiger partial charge in [-0.2, -0.15) is 0 Å². The van der Waals surface area contributed by atoms with Crippen molar-refractivity contribution in [3.8, 4) is 5.75 Å². The molecule has 0 aliphatic carbocycles. The Hall–Kier alpha value is -1.91. The molecule has 0 aliphatic heterocycles. The van der Waals surface area contributed by atoms with Gasteiger partial charge in [0, 0.05) is 27.5 Å². The van der Waals surface area contributed by atoms with Crippen LogP contribution < -0.4 is 15.4 Å². The Morgan fingerprint density at radius 3 is 2.50 bits per heavy atom. The molecule has 0 aliphatic rings. The minimum absolute atomic E-state index is 0.107. The number of nitrogens with one attached hydrogen (secondary N) is 2. The van der Waals surface area contributed by atoms with Crippen LogP contribution in [0.5, 0.6) is 5.75 Å². The Bertz CT molecular complexity index is 642. The number of amides is 1. The molecule has 0 unspecified atom stereocenters. The highest BCUT2D eigenvalue weighted by Gasteiger charge is 2.04. The van der Waals surface area contributed by atoms with Crippen molar-refractivity contribution in [1.82, 2.24) is 0 Å². The highest BCUT2D eigenvalue weighted by atomic mass is 35.5. The van der Waals surface area contributed by atoms with E-state index in [9.17, 15) is 4.79 Å². The van der Waals surface area contributed by atoms with Crippen molar-refractivity contribution in [3.05, 3.63) is 52.5 Å². The second-order valence-corrected chi connectivity index (χ2v) is 5.39. The smallest absolute Gasteiger partial charge is 0.243 e. The first-order valence-corrected chi connectivity index (χ1v) is 7.55. The molecule has 22 heavy (non-hydrogen) atoms. The van der Waals surface area contributed by atoms with E-state index in [1.165, 1.54) is 0 Å². The quantitative estimate of drug-likeness (QED) is 0.818. The lowest BCUT2D eigenvalue weighted by Crippen LogP contribution is -2.21. The minimum atomic E-state index is -0.176. The standard InChI is InChI=1S/C16H16Cl2N2O2/c1-2-22-15-5-3-4-13(9-15)20-16(21)10-19-14-7-11(17)6-12(18)8-14/h3-9,19H,2,10H2,1H3,(H,20,21). The molecule has 1 amide bonds. The molecule has 2 N–H and O–H groups in total. The van der Waals surface area contributed by atoms with Crippen molar-refractivity contribution in [2.45, 2.75) is 6.92 Å². The summed E-state index contributed by atoms with van der Waals surface area (Å²) in [7, 11) is 0. The number of hydrogen-bond acceptors (Lipinski definition) is 3. The van der Waals surface area contributed by atoms with E-state index in [1.807, 2.05) is 19.1 Å². The van der Waals surface area contributed by atoms with Crippen LogP contribution in [0.25, 0.3) is 0 Å². The molecular weight excluding hydrogens is 323 g/mol. The van der Waals surface area contributed by atoms with Gasteiger partial charge < -0.3 is 15.4 Å². The maximum atomic E-state index is 11.9. The lowest BCUT2D eigenvalue weighted by atomic mass is 10.3. The molecule has 0 radical (unpaired) electrons. The number of carbonyl (C=O) groups excluding carboxylic acids is 1. The van der Waals surface area contributed by atoms with Crippen LogP contribution in [-0.4, -0.2) is 19.1 Å². The van der Waals surface area contributed by atoms with Gasteiger partial charge in [0.2, 0.25) is 5.91 Å². The van der Waals surface area contributed by atoms with Crippen molar-refractivity contribution in [1.29, 1.82) is 0 Å². The highest BCUT2D eigenvalue weighted by Crippen LogP contribution is 2.22. The average molecular weight is 339 g/mol. The Morgan fingerprint density at radius 1 is 1.09 bits per heavy atom. The molecule has 2 rings (SSSR count). The lowest BCUT2D eigenvalue weighted by molar-refractivity contribution is -0.114. The van der Waals surface area contributed by atoms with Gasteiger partial charge in [0.05, 0.1) is 13.2 Å². The number of halogens is 2. The van der Waals surface area contributed by atoms with Crippen molar-refractivity contribution < 1.29 is 9.53 Å². The fourth-order valence-electron chi connectivity index (χ4n) is 1.87. The summed E-state index contributed by atoms with van der Waals surface area (Å²) in [4.78, 5) is 11.9.